The second-order valence-corrected chi connectivity index (χ2v) is 6.56. The molecule has 4 rings (SSSR count). The van der Waals surface area contributed by atoms with Crippen LogP contribution in [0.15, 0.2) is 42.5 Å². The van der Waals surface area contributed by atoms with Gasteiger partial charge in [-0.15, -0.1) is 0 Å². The normalized spacial score (nSPS) is 30.6. The van der Waals surface area contributed by atoms with Crippen molar-refractivity contribution in [3.8, 4) is 11.1 Å². The number of aliphatic hydroxyl groups is 4. The summed E-state index contributed by atoms with van der Waals surface area (Å²) >= 11 is 0. The second-order valence-electron chi connectivity index (χ2n) is 6.56. The maximum atomic E-state index is 10.3. The van der Waals surface area contributed by atoms with Crippen molar-refractivity contribution in [2.24, 2.45) is 0 Å². The van der Waals surface area contributed by atoms with E-state index >= 15 is 0 Å². The summed E-state index contributed by atoms with van der Waals surface area (Å²) in [6.07, 6.45) is -4.12. The molecule has 25 heavy (non-hydrogen) atoms. The molecular weight excluding hydrogens is 322 g/mol. The summed E-state index contributed by atoms with van der Waals surface area (Å²) in [6, 6.07) is 13.1. The maximum absolute atomic E-state index is 10.3. The zero-order valence-corrected chi connectivity index (χ0v) is 13.5. The van der Waals surface area contributed by atoms with Gasteiger partial charge in [-0.3, -0.25) is 0 Å². The predicted molar refractivity (Wildman–Crippen MR) is 92.1 cm³/mol. The molecule has 1 aliphatic carbocycles. The van der Waals surface area contributed by atoms with Crippen LogP contribution in [-0.2, 0) is 11.2 Å². The number of hydrogen-bond acceptors (Lipinski definition) is 6. The fraction of sp³-hybridized carbons (Fsp3) is 0.368. The monoisotopic (exact) mass is 343 g/mol. The fourth-order valence-electron chi connectivity index (χ4n) is 3.73. The van der Waals surface area contributed by atoms with Gasteiger partial charge in [0.25, 0.3) is 0 Å². The van der Waals surface area contributed by atoms with Crippen LogP contribution in [0.4, 0.5) is 5.69 Å². The summed E-state index contributed by atoms with van der Waals surface area (Å²) in [5.41, 5.74) is 5.41. The molecule has 0 bridgehead atoms. The topological polar surface area (TPSA) is 102 Å². The number of hydrogen-bond donors (Lipinski definition) is 5. The molecule has 1 heterocycles. The quantitative estimate of drug-likeness (QED) is 0.474. The Labute approximate surface area is 145 Å². The van der Waals surface area contributed by atoms with Gasteiger partial charge in [-0.1, -0.05) is 36.4 Å². The average molecular weight is 343 g/mol. The summed E-state index contributed by atoms with van der Waals surface area (Å²) in [5, 5.41) is 42.9. The van der Waals surface area contributed by atoms with Gasteiger partial charge in [-0.05, 0) is 28.3 Å². The third-order valence-corrected chi connectivity index (χ3v) is 5.07. The summed E-state index contributed by atoms with van der Waals surface area (Å²) in [5.74, 6) is 0. The number of benzene rings is 2. The van der Waals surface area contributed by atoms with Crippen LogP contribution in [0.3, 0.4) is 0 Å². The van der Waals surface area contributed by atoms with E-state index in [0.717, 1.165) is 23.2 Å². The number of rotatable bonds is 3. The van der Waals surface area contributed by atoms with E-state index in [2.05, 4.69) is 17.4 Å². The minimum atomic E-state index is -1.34. The first-order valence-corrected chi connectivity index (χ1v) is 8.37. The molecule has 0 spiro atoms. The Morgan fingerprint density at radius 3 is 2.52 bits per heavy atom. The number of nitrogens with one attached hydrogen (secondary N) is 1. The van der Waals surface area contributed by atoms with E-state index in [1.807, 2.05) is 30.3 Å². The lowest BCUT2D eigenvalue weighted by atomic mass is 9.96. The molecule has 6 heteroatoms. The number of aliphatic hydroxyl groups excluding tert-OH is 4. The second kappa shape index (κ2) is 6.40. The van der Waals surface area contributed by atoms with Crippen molar-refractivity contribution in [1.29, 1.82) is 0 Å². The Morgan fingerprint density at radius 2 is 1.72 bits per heavy atom. The van der Waals surface area contributed by atoms with Crippen LogP contribution in [-0.4, -0.2) is 57.7 Å². The zero-order chi connectivity index (χ0) is 17.6. The summed E-state index contributed by atoms with van der Waals surface area (Å²) in [7, 11) is 0. The summed E-state index contributed by atoms with van der Waals surface area (Å²) < 4.78 is 5.22. The van der Waals surface area contributed by atoms with Crippen molar-refractivity contribution in [3.63, 3.8) is 0 Å². The number of fused-ring (bicyclic) bond motifs is 3. The fourth-order valence-corrected chi connectivity index (χ4v) is 3.73. The van der Waals surface area contributed by atoms with E-state index in [0.29, 0.717) is 0 Å². The molecule has 5 N–H and O–H groups in total. The molecule has 0 amide bonds. The first kappa shape index (κ1) is 16.5. The van der Waals surface area contributed by atoms with Crippen molar-refractivity contribution in [2.75, 3.05) is 11.9 Å². The molecule has 0 aromatic heterocycles. The maximum Gasteiger partial charge on any atom is 0.178 e. The molecule has 1 aliphatic heterocycles. The molecule has 1 fully saturated rings. The molecule has 0 saturated carbocycles. The summed E-state index contributed by atoms with van der Waals surface area (Å²) in [4.78, 5) is 0. The molecule has 2 aliphatic rings. The Hall–Kier alpha value is -1.96. The van der Waals surface area contributed by atoms with Crippen LogP contribution in [0.2, 0.25) is 0 Å². The van der Waals surface area contributed by atoms with Crippen LogP contribution in [0.5, 0.6) is 0 Å². The van der Waals surface area contributed by atoms with E-state index in [-0.39, 0.29) is 0 Å². The van der Waals surface area contributed by atoms with Gasteiger partial charge in [-0.2, -0.15) is 0 Å². The largest absolute Gasteiger partial charge is 0.394 e. The van der Waals surface area contributed by atoms with E-state index in [9.17, 15) is 20.4 Å². The Kier molecular flexibility index (Phi) is 4.23. The molecule has 2 aromatic rings. The van der Waals surface area contributed by atoms with E-state index in [4.69, 9.17) is 4.74 Å². The minimum absolute atomic E-state index is 0.474. The van der Waals surface area contributed by atoms with Gasteiger partial charge in [0.2, 0.25) is 0 Å². The van der Waals surface area contributed by atoms with Gasteiger partial charge < -0.3 is 30.5 Å². The van der Waals surface area contributed by atoms with E-state index < -0.39 is 37.3 Å². The molecule has 0 radical (unpaired) electrons. The minimum Gasteiger partial charge on any atom is -0.394 e. The lowest BCUT2D eigenvalue weighted by Crippen LogP contribution is -2.61. The Balaban J connectivity index is 1.63. The first-order chi connectivity index (χ1) is 12.1. The van der Waals surface area contributed by atoms with Crippen molar-refractivity contribution in [2.45, 2.75) is 37.1 Å². The molecule has 5 atom stereocenters. The number of anilines is 1. The highest BCUT2D eigenvalue weighted by molar-refractivity contribution is 5.82. The van der Waals surface area contributed by atoms with Gasteiger partial charge in [0.1, 0.15) is 24.4 Å². The lowest BCUT2D eigenvalue weighted by Gasteiger charge is -2.41. The standard InChI is InChI=1S/C19H21NO5/c21-9-15-17(22)18(23)16(19(24)25-15)20-14-7-3-6-12-11-5-2-1-4-10(11)8-13(12)14/h1-7,15-24H,8-9H2/t15-,16-,17-,18-,19?/m1/s1. The highest BCUT2D eigenvalue weighted by Gasteiger charge is 2.43. The van der Waals surface area contributed by atoms with Crippen molar-refractivity contribution >= 4 is 5.69 Å². The number of ether oxygens (including phenoxy) is 1. The van der Waals surface area contributed by atoms with Crippen LogP contribution in [0.1, 0.15) is 11.1 Å². The van der Waals surface area contributed by atoms with Crippen LogP contribution in [0, 0.1) is 0 Å². The van der Waals surface area contributed by atoms with Crippen LogP contribution in [0.25, 0.3) is 11.1 Å². The summed E-state index contributed by atoms with van der Waals surface area (Å²) in [6.45, 7) is -0.474. The first-order valence-electron chi connectivity index (χ1n) is 8.37. The van der Waals surface area contributed by atoms with Gasteiger partial charge in [0.05, 0.1) is 6.61 Å². The molecule has 2 aromatic carbocycles. The smallest absolute Gasteiger partial charge is 0.178 e. The van der Waals surface area contributed by atoms with E-state index in [1.165, 1.54) is 11.1 Å². The van der Waals surface area contributed by atoms with Gasteiger partial charge in [0, 0.05) is 12.1 Å². The van der Waals surface area contributed by atoms with Crippen molar-refractivity contribution in [1.82, 2.24) is 0 Å². The Bertz CT molecular complexity index is 780. The van der Waals surface area contributed by atoms with Crippen molar-refractivity contribution in [3.05, 3.63) is 53.6 Å². The van der Waals surface area contributed by atoms with E-state index in [1.54, 1.807) is 0 Å². The molecular formula is C19H21NO5. The molecule has 1 saturated heterocycles. The predicted octanol–water partition coefficient (Wildman–Crippen LogP) is 0.470. The molecule has 132 valence electrons. The van der Waals surface area contributed by atoms with Crippen molar-refractivity contribution < 1.29 is 25.2 Å². The SMILES string of the molecule is OC[C@H]1OC(O)[C@H](Nc2cccc3c2Cc2ccccc2-3)[C@@H](O)[C@@H]1O. The third kappa shape index (κ3) is 2.72. The van der Waals surface area contributed by atoms with Crippen LogP contribution < -0.4 is 5.32 Å². The van der Waals surface area contributed by atoms with Crippen LogP contribution >= 0.6 is 0 Å². The van der Waals surface area contributed by atoms with Gasteiger partial charge in [-0.25, -0.2) is 0 Å². The molecule has 6 nitrogen and oxygen atoms in total. The molecule has 1 unspecified atom stereocenters. The third-order valence-electron chi connectivity index (χ3n) is 5.07. The van der Waals surface area contributed by atoms with Gasteiger partial charge in [0.15, 0.2) is 6.29 Å². The average Bonchev–Trinajstić information content (AvgIpc) is 3.01. The lowest BCUT2D eigenvalue weighted by molar-refractivity contribution is -0.245. The zero-order valence-electron chi connectivity index (χ0n) is 13.5. The van der Waals surface area contributed by atoms with Gasteiger partial charge >= 0.3 is 0 Å². The highest BCUT2D eigenvalue weighted by atomic mass is 16.6. The Morgan fingerprint density at radius 1 is 0.960 bits per heavy atom. The highest BCUT2D eigenvalue weighted by Crippen LogP contribution is 2.40.